The minimum Gasteiger partial charge on any atom is -0.345 e. The van der Waals surface area contributed by atoms with Crippen molar-refractivity contribution in [1.29, 1.82) is 0 Å². The molecule has 0 radical (unpaired) electrons. The molecule has 232 valence electrons. The molecule has 0 N–H and O–H groups in total. The van der Waals surface area contributed by atoms with Crippen LogP contribution >= 0.6 is 0 Å². The smallest absolute Gasteiger partial charge is 0.0468 e. The van der Waals surface area contributed by atoms with Crippen molar-refractivity contribution in [2.24, 2.45) is 0 Å². The summed E-state index contributed by atoms with van der Waals surface area (Å²) in [5.74, 6) is 0. The number of hydrogen-bond donors (Lipinski definition) is 0. The normalized spacial score (nSPS) is 10.8. The first-order chi connectivity index (χ1) is 23.6. The van der Waals surface area contributed by atoms with Crippen molar-refractivity contribution in [3.8, 4) is 11.1 Å². The van der Waals surface area contributed by atoms with Crippen molar-refractivity contribution in [3.63, 3.8) is 0 Å². The molecular weight excluding hydrogens is 581 g/mol. The molecule has 48 heavy (non-hydrogen) atoms. The predicted molar refractivity (Wildman–Crippen MR) is 209 cm³/mol. The lowest BCUT2D eigenvalue weighted by molar-refractivity contribution is 1.21. The zero-order valence-electron chi connectivity index (χ0n) is 27.4. The number of allylic oxidation sites excluding steroid dienone is 1. The molecule has 2 heteroatoms. The van der Waals surface area contributed by atoms with Crippen LogP contribution in [0, 0.1) is 0 Å². The van der Waals surface area contributed by atoms with Crippen molar-refractivity contribution in [2.75, 3.05) is 16.8 Å². The van der Waals surface area contributed by atoms with E-state index in [9.17, 15) is 0 Å². The molecule has 2 nitrogen and oxygen atoms in total. The van der Waals surface area contributed by atoms with Crippen LogP contribution in [0.3, 0.4) is 0 Å². The monoisotopic (exact) mass is 618 g/mol. The molecule has 8 rings (SSSR count). The third kappa shape index (κ3) is 6.29. The van der Waals surface area contributed by atoms with Crippen LogP contribution in [-0.2, 0) is 0 Å². The second kappa shape index (κ2) is 13.7. The van der Waals surface area contributed by atoms with Crippen LogP contribution in [0.4, 0.5) is 28.4 Å². The van der Waals surface area contributed by atoms with Crippen molar-refractivity contribution in [2.45, 2.75) is 6.92 Å². The maximum absolute atomic E-state index is 3.36. The van der Waals surface area contributed by atoms with Gasteiger partial charge in [-0.1, -0.05) is 109 Å². The van der Waals surface area contributed by atoms with Gasteiger partial charge in [-0.05, 0) is 123 Å². The number of hydrogen-bond acceptors (Lipinski definition) is 2. The highest BCUT2D eigenvalue weighted by Crippen LogP contribution is 2.38. The Morgan fingerprint density at radius 3 is 1.42 bits per heavy atom. The summed E-state index contributed by atoms with van der Waals surface area (Å²) in [4.78, 5) is 4.60. The van der Waals surface area contributed by atoms with Gasteiger partial charge in [0.2, 0.25) is 0 Å². The van der Waals surface area contributed by atoms with E-state index in [4.69, 9.17) is 0 Å². The molecule has 0 aliphatic heterocycles. The van der Waals surface area contributed by atoms with E-state index >= 15 is 0 Å². The molecule has 0 fully saturated rings. The zero-order chi connectivity index (χ0) is 32.9. The van der Waals surface area contributed by atoms with Gasteiger partial charge in [0.05, 0.1) is 0 Å². The molecule has 0 saturated carbocycles. The molecule has 0 bridgehead atoms. The second-order valence-electron chi connectivity index (χ2n) is 12.0. The van der Waals surface area contributed by atoms with Crippen LogP contribution in [0.5, 0.6) is 0 Å². The lowest BCUT2D eigenvalue weighted by Gasteiger charge is -2.27. The molecule has 8 aromatic carbocycles. The number of fused-ring (bicyclic) bond motifs is 3. The molecule has 0 aliphatic rings. The summed E-state index contributed by atoms with van der Waals surface area (Å²) in [6.07, 6.45) is 1.75. The van der Waals surface area contributed by atoms with Gasteiger partial charge in [-0.25, -0.2) is 0 Å². The minimum atomic E-state index is 1.11. The standard InChI is InChI=1S/C43H32N2.C3H6/c1-44(42-21-18-37-27-34-12-7-8-13-35(34)28-38(37)30-42)39-23-25-41(26-24-39)45(43-22-17-32-11-5-6-14-36(32)29-43)40-19-15-33(16-20-40)31-9-3-2-4-10-31;1-3-2/h2-30H,1H3;3H,1H2,2H3. The minimum absolute atomic E-state index is 1.11. The Morgan fingerprint density at radius 1 is 0.375 bits per heavy atom. The van der Waals surface area contributed by atoms with E-state index in [0.717, 1.165) is 28.4 Å². The van der Waals surface area contributed by atoms with E-state index in [0.29, 0.717) is 0 Å². The Bertz CT molecular complexity index is 2320. The fourth-order valence-corrected chi connectivity index (χ4v) is 6.31. The predicted octanol–water partition coefficient (Wildman–Crippen LogP) is 13.2. The van der Waals surface area contributed by atoms with E-state index in [-0.39, 0.29) is 0 Å². The first kappa shape index (κ1) is 30.5. The lowest BCUT2D eigenvalue weighted by atomic mass is 10.0. The summed E-state index contributed by atoms with van der Waals surface area (Å²) in [5, 5.41) is 7.50. The number of rotatable bonds is 6. The summed E-state index contributed by atoms with van der Waals surface area (Å²) in [6, 6.07) is 63.4. The Hall–Kier alpha value is -6.12. The van der Waals surface area contributed by atoms with Crippen molar-refractivity contribution in [3.05, 3.63) is 189 Å². The fraction of sp³-hybridized carbons (Fsp3) is 0.0435. The summed E-state index contributed by atoms with van der Waals surface area (Å²) in [6.45, 7) is 5.25. The maximum atomic E-state index is 3.36. The Kier molecular flexibility index (Phi) is 8.72. The number of anilines is 5. The molecular formula is C46H38N2. The molecule has 0 heterocycles. The summed E-state index contributed by atoms with van der Waals surface area (Å²) < 4.78 is 0. The average molecular weight is 619 g/mol. The van der Waals surface area contributed by atoms with Gasteiger partial charge < -0.3 is 9.80 Å². The van der Waals surface area contributed by atoms with Crippen LogP contribution in [0.1, 0.15) is 6.92 Å². The topological polar surface area (TPSA) is 6.48 Å². The van der Waals surface area contributed by atoms with Gasteiger partial charge in [-0.15, -0.1) is 6.58 Å². The molecule has 0 aromatic heterocycles. The number of nitrogens with zero attached hydrogens (tertiary/aromatic N) is 2. The van der Waals surface area contributed by atoms with E-state index in [2.05, 4.69) is 199 Å². The molecule has 0 amide bonds. The van der Waals surface area contributed by atoms with E-state index in [1.165, 1.54) is 43.4 Å². The van der Waals surface area contributed by atoms with Crippen molar-refractivity contribution >= 4 is 60.8 Å². The van der Waals surface area contributed by atoms with Crippen LogP contribution in [0.15, 0.2) is 189 Å². The van der Waals surface area contributed by atoms with Crippen molar-refractivity contribution < 1.29 is 0 Å². The third-order valence-corrected chi connectivity index (χ3v) is 8.79. The van der Waals surface area contributed by atoms with Gasteiger partial charge >= 0.3 is 0 Å². The lowest BCUT2D eigenvalue weighted by Crippen LogP contribution is -2.12. The summed E-state index contributed by atoms with van der Waals surface area (Å²) in [7, 11) is 2.14. The van der Waals surface area contributed by atoms with Gasteiger partial charge in [-0.3, -0.25) is 0 Å². The fourth-order valence-electron chi connectivity index (χ4n) is 6.31. The third-order valence-electron chi connectivity index (χ3n) is 8.79. The highest BCUT2D eigenvalue weighted by molar-refractivity contribution is 5.99. The quantitative estimate of drug-likeness (QED) is 0.135. The zero-order valence-corrected chi connectivity index (χ0v) is 27.4. The Labute approximate surface area is 283 Å². The highest BCUT2D eigenvalue weighted by Gasteiger charge is 2.15. The maximum Gasteiger partial charge on any atom is 0.0468 e. The SMILES string of the molecule is C=CC.CN(c1ccc(N(c2ccc(-c3ccccc3)cc2)c2ccc3ccccc3c2)cc1)c1ccc2cc3ccccc3cc2c1. The highest BCUT2D eigenvalue weighted by atomic mass is 15.1. The molecule has 0 atom stereocenters. The molecule has 8 aromatic rings. The van der Waals surface area contributed by atoms with Crippen LogP contribution in [0.2, 0.25) is 0 Å². The second-order valence-corrected chi connectivity index (χ2v) is 12.0. The van der Waals surface area contributed by atoms with Crippen LogP contribution in [-0.4, -0.2) is 7.05 Å². The van der Waals surface area contributed by atoms with E-state index in [1.807, 2.05) is 6.92 Å². The van der Waals surface area contributed by atoms with E-state index in [1.54, 1.807) is 6.08 Å². The average Bonchev–Trinajstić information content (AvgIpc) is 3.15. The van der Waals surface area contributed by atoms with Gasteiger partial charge in [0.15, 0.2) is 0 Å². The first-order valence-corrected chi connectivity index (χ1v) is 16.4. The summed E-state index contributed by atoms with van der Waals surface area (Å²) in [5.41, 5.74) is 8.08. The molecule has 0 spiro atoms. The Morgan fingerprint density at radius 2 is 0.771 bits per heavy atom. The summed E-state index contributed by atoms with van der Waals surface area (Å²) >= 11 is 0. The van der Waals surface area contributed by atoms with E-state index < -0.39 is 0 Å². The molecule has 0 unspecified atom stereocenters. The molecule has 0 aliphatic carbocycles. The Balaban J connectivity index is 0.00000117. The van der Waals surface area contributed by atoms with Crippen molar-refractivity contribution in [1.82, 2.24) is 0 Å². The van der Waals surface area contributed by atoms with Crippen LogP contribution < -0.4 is 9.80 Å². The molecule has 0 saturated heterocycles. The van der Waals surface area contributed by atoms with Gasteiger partial charge in [0, 0.05) is 35.5 Å². The van der Waals surface area contributed by atoms with Gasteiger partial charge in [0.1, 0.15) is 0 Å². The first-order valence-electron chi connectivity index (χ1n) is 16.4. The van der Waals surface area contributed by atoms with Gasteiger partial charge in [0.25, 0.3) is 0 Å². The largest absolute Gasteiger partial charge is 0.345 e. The number of benzene rings is 8. The van der Waals surface area contributed by atoms with Gasteiger partial charge in [-0.2, -0.15) is 0 Å². The van der Waals surface area contributed by atoms with Crippen LogP contribution in [0.25, 0.3) is 43.4 Å².